The molecule has 11 heavy (non-hydrogen) atoms. The Morgan fingerprint density at radius 2 is 2.09 bits per heavy atom. The summed E-state index contributed by atoms with van der Waals surface area (Å²) in [5.74, 6) is -0.683. The van der Waals surface area contributed by atoms with Crippen molar-refractivity contribution in [3.63, 3.8) is 0 Å². The van der Waals surface area contributed by atoms with E-state index in [4.69, 9.17) is 23.0 Å². The average Bonchev–Trinajstić information content (AvgIpc) is 1.87. The van der Waals surface area contributed by atoms with Gasteiger partial charge in [-0.15, -0.1) is 12.3 Å². The Kier molecular flexibility index (Phi) is 2.61. The molecule has 0 aromatic heterocycles. The summed E-state index contributed by atoms with van der Waals surface area (Å²) in [5.41, 5.74) is 7.66. The lowest BCUT2D eigenvalue weighted by Crippen LogP contribution is -2.57. The van der Waals surface area contributed by atoms with Gasteiger partial charge in [-0.05, 0) is 0 Å². The molecule has 5 N–H and O–H groups in total. The number of carbonyl (C=O) groups excluding carboxylic acids is 1. The zero-order valence-corrected chi connectivity index (χ0v) is 5.70. The Bertz CT molecular complexity index is 214. The van der Waals surface area contributed by atoms with Crippen LogP contribution < -0.4 is 11.5 Å². The number of carboxylic acids is 1. The van der Waals surface area contributed by atoms with Crippen molar-refractivity contribution in [2.24, 2.45) is 11.5 Å². The summed E-state index contributed by atoms with van der Waals surface area (Å²) in [6, 6.07) is 0. The number of nitrogens with two attached hydrogens (primary N) is 2. The van der Waals surface area contributed by atoms with E-state index in [1.165, 1.54) is 0 Å². The predicted octanol–water partition coefficient (Wildman–Crippen LogP) is -1.72. The van der Waals surface area contributed by atoms with E-state index in [1.807, 2.05) is 5.92 Å². The van der Waals surface area contributed by atoms with Crippen LogP contribution in [-0.2, 0) is 9.59 Å². The highest BCUT2D eigenvalue weighted by molar-refractivity contribution is 6.05. The van der Waals surface area contributed by atoms with E-state index in [2.05, 4.69) is 0 Å². The number of carboxylic acid groups (broad SMARTS) is 1. The van der Waals surface area contributed by atoms with Gasteiger partial charge in [0, 0.05) is 6.42 Å². The minimum Gasteiger partial charge on any atom is -0.479 e. The standard InChI is InChI=1S/C6H8N2O3/c1-2-3-6(8,4(7)9)5(10)11/h1H,3,8H2,(H2,7,9)(H,10,11). The first kappa shape index (κ1) is 9.46. The molecule has 0 heterocycles. The normalized spacial score (nSPS) is 14.5. The predicted molar refractivity (Wildman–Crippen MR) is 37.2 cm³/mol. The lowest BCUT2D eigenvalue weighted by atomic mass is 9.97. The van der Waals surface area contributed by atoms with Crippen molar-refractivity contribution in [3.8, 4) is 12.3 Å². The highest BCUT2D eigenvalue weighted by atomic mass is 16.4. The number of aliphatic carboxylic acids is 1. The molecule has 60 valence electrons. The Morgan fingerprint density at radius 3 is 2.18 bits per heavy atom. The van der Waals surface area contributed by atoms with Gasteiger partial charge in [-0.3, -0.25) is 4.79 Å². The van der Waals surface area contributed by atoms with Gasteiger partial charge < -0.3 is 16.6 Å². The van der Waals surface area contributed by atoms with Crippen LogP contribution in [0.2, 0.25) is 0 Å². The minimum absolute atomic E-state index is 0.405. The van der Waals surface area contributed by atoms with E-state index in [9.17, 15) is 9.59 Å². The number of hydrogen-bond acceptors (Lipinski definition) is 3. The molecule has 0 bridgehead atoms. The number of amides is 1. The molecular weight excluding hydrogens is 148 g/mol. The van der Waals surface area contributed by atoms with E-state index in [0.717, 1.165) is 0 Å². The Labute approximate surface area is 63.4 Å². The molecule has 0 spiro atoms. The molecule has 0 rings (SSSR count). The van der Waals surface area contributed by atoms with Crippen LogP contribution in [0.25, 0.3) is 0 Å². The maximum Gasteiger partial charge on any atom is 0.334 e. The summed E-state index contributed by atoms with van der Waals surface area (Å²) in [5, 5.41) is 8.41. The SMILES string of the molecule is C#CCC(N)(C(N)=O)C(=O)O. The quantitative estimate of drug-likeness (QED) is 0.333. The van der Waals surface area contributed by atoms with E-state index in [-0.39, 0.29) is 0 Å². The van der Waals surface area contributed by atoms with Crippen LogP contribution in [0.5, 0.6) is 0 Å². The molecule has 1 unspecified atom stereocenters. The maximum atomic E-state index is 10.5. The fourth-order valence-corrected chi connectivity index (χ4v) is 0.429. The van der Waals surface area contributed by atoms with Crippen LogP contribution in [-0.4, -0.2) is 22.5 Å². The van der Waals surface area contributed by atoms with Crippen molar-refractivity contribution in [1.29, 1.82) is 0 Å². The molecular formula is C6H8N2O3. The van der Waals surface area contributed by atoms with Gasteiger partial charge >= 0.3 is 5.97 Å². The fourth-order valence-electron chi connectivity index (χ4n) is 0.429. The molecule has 0 fully saturated rings. The van der Waals surface area contributed by atoms with Crippen LogP contribution in [0.3, 0.4) is 0 Å². The molecule has 0 saturated heterocycles. The highest BCUT2D eigenvalue weighted by Crippen LogP contribution is 2.04. The van der Waals surface area contributed by atoms with Crippen LogP contribution in [0.1, 0.15) is 6.42 Å². The molecule has 1 amide bonds. The molecule has 0 aromatic carbocycles. The van der Waals surface area contributed by atoms with E-state index in [1.54, 1.807) is 0 Å². The molecule has 0 aliphatic carbocycles. The van der Waals surface area contributed by atoms with E-state index >= 15 is 0 Å². The van der Waals surface area contributed by atoms with Gasteiger partial charge in [0.25, 0.3) is 0 Å². The van der Waals surface area contributed by atoms with Gasteiger partial charge in [0.15, 0.2) is 0 Å². The van der Waals surface area contributed by atoms with Crippen LogP contribution in [0, 0.1) is 12.3 Å². The summed E-state index contributed by atoms with van der Waals surface area (Å²) in [6.45, 7) is 0. The van der Waals surface area contributed by atoms with Crippen molar-refractivity contribution in [2.45, 2.75) is 12.0 Å². The van der Waals surface area contributed by atoms with Gasteiger partial charge in [0.1, 0.15) is 0 Å². The number of carbonyl (C=O) groups is 2. The van der Waals surface area contributed by atoms with Crippen molar-refractivity contribution < 1.29 is 14.7 Å². The van der Waals surface area contributed by atoms with Crippen molar-refractivity contribution >= 4 is 11.9 Å². The van der Waals surface area contributed by atoms with Crippen molar-refractivity contribution in [2.75, 3.05) is 0 Å². The topological polar surface area (TPSA) is 106 Å². The van der Waals surface area contributed by atoms with Crippen LogP contribution in [0.4, 0.5) is 0 Å². The lowest BCUT2D eigenvalue weighted by Gasteiger charge is -2.16. The third-order valence-corrected chi connectivity index (χ3v) is 1.20. The highest BCUT2D eigenvalue weighted by Gasteiger charge is 2.39. The molecule has 0 aromatic rings. The third-order valence-electron chi connectivity index (χ3n) is 1.20. The summed E-state index contributed by atoms with van der Waals surface area (Å²) in [7, 11) is 0. The fraction of sp³-hybridized carbons (Fsp3) is 0.333. The van der Waals surface area contributed by atoms with Gasteiger partial charge in [-0.25, -0.2) is 4.79 Å². The zero-order valence-electron chi connectivity index (χ0n) is 5.70. The number of hydrogen-bond donors (Lipinski definition) is 3. The second kappa shape index (κ2) is 3.03. The molecule has 5 nitrogen and oxygen atoms in total. The monoisotopic (exact) mass is 156 g/mol. The van der Waals surface area contributed by atoms with E-state index < -0.39 is 23.8 Å². The van der Waals surface area contributed by atoms with Crippen molar-refractivity contribution in [1.82, 2.24) is 0 Å². The van der Waals surface area contributed by atoms with Crippen LogP contribution >= 0.6 is 0 Å². The number of primary amides is 1. The molecule has 0 aliphatic heterocycles. The Morgan fingerprint density at radius 1 is 1.64 bits per heavy atom. The molecule has 1 atom stereocenters. The van der Waals surface area contributed by atoms with Crippen LogP contribution in [0.15, 0.2) is 0 Å². The Hall–Kier alpha value is -1.54. The Balaban J connectivity index is 4.70. The maximum absolute atomic E-state index is 10.5. The first-order valence-electron chi connectivity index (χ1n) is 2.70. The largest absolute Gasteiger partial charge is 0.479 e. The van der Waals surface area contributed by atoms with Gasteiger partial charge in [-0.1, -0.05) is 0 Å². The van der Waals surface area contributed by atoms with Gasteiger partial charge in [-0.2, -0.15) is 0 Å². The number of rotatable bonds is 3. The van der Waals surface area contributed by atoms with Gasteiger partial charge in [0.05, 0.1) is 0 Å². The first-order valence-corrected chi connectivity index (χ1v) is 2.70. The molecule has 0 saturated carbocycles. The molecule has 0 aliphatic rings. The first-order chi connectivity index (χ1) is 4.95. The van der Waals surface area contributed by atoms with E-state index in [0.29, 0.717) is 0 Å². The summed E-state index contributed by atoms with van der Waals surface area (Å²) in [6.07, 6.45) is 4.38. The van der Waals surface area contributed by atoms with Crippen molar-refractivity contribution in [3.05, 3.63) is 0 Å². The average molecular weight is 156 g/mol. The molecule has 5 heteroatoms. The number of terminal acetylenes is 1. The summed E-state index contributed by atoms with van der Waals surface area (Å²) in [4.78, 5) is 20.8. The summed E-state index contributed by atoms with van der Waals surface area (Å²) >= 11 is 0. The molecule has 0 radical (unpaired) electrons. The zero-order chi connectivity index (χ0) is 9.07. The third kappa shape index (κ3) is 1.69. The lowest BCUT2D eigenvalue weighted by molar-refractivity contribution is -0.147. The second-order valence-corrected chi connectivity index (χ2v) is 2.02. The van der Waals surface area contributed by atoms with Gasteiger partial charge in [0.2, 0.25) is 11.4 Å². The minimum atomic E-state index is -2.13. The smallest absolute Gasteiger partial charge is 0.334 e. The second-order valence-electron chi connectivity index (χ2n) is 2.02. The summed E-state index contributed by atoms with van der Waals surface area (Å²) < 4.78 is 0.